The monoisotopic (exact) mass is 454 g/mol. The number of aryl methyl sites for hydroxylation is 1. The number of carbonyl (C=O) groups is 1. The molecule has 2 aliphatic rings. The van der Waals surface area contributed by atoms with Crippen molar-refractivity contribution in [3.8, 4) is 0 Å². The molecule has 1 amide bonds. The van der Waals surface area contributed by atoms with Crippen LogP contribution < -0.4 is 0 Å². The van der Waals surface area contributed by atoms with E-state index < -0.39 is 9.84 Å². The number of nitrogens with zero attached hydrogens (tertiary/aromatic N) is 4. The van der Waals surface area contributed by atoms with E-state index in [0.29, 0.717) is 50.4 Å². The van der Waals surface area contributed by atoms with Gasteiger partial charge in [-0.2, -0.15) is 5.10 Å². The van der Waals surface area contributed by atoms with Crippen molar-refractivity contribution in [3.63, 3.8) is 0 Å². The van der Waals surface area contributed by atoms with Crippen LogP contribution in [-0.2, 0) is 16.4 Å². The van der Waals surface area contributed by atoms with Crippen LogP contribution in [0, 0.1) is 12.7 Å². The first-order valence-corrected chi connectivity index (χ1v) is 12.1. The minimum absolute atomic E-state index is 0.0519. The zero-order valence-electron chi connectivity index (χ0n) is 16.7. The average Bonchev–Trinajstić information content (AvgIpc) is 3.21. The van der Waals surface area contributed by atoms with Gasteiger partial charge in [-0.1, -0.05) is 23.7 Å². The lowest BCUT2D eigenvalue weighted by atomic mass is 10.1. The average molecular weight is 455 g/mol. The van der Waals surface area contributed by atoms with Crippen molar-refractivity contribution in [2.24, 2.45) is 0 Å². The normalized spacial score (nSPS) is 21.8. The molecule has 2 aliphatic heterocycles. The van der Waals surface area contributed by atoms with Gasteiger partial charge in [-0.3, -0.25) is 9.69 Å². The molecule has 1 aromatic carbocycles. The standard InChI is InChI=1S/C20H24ClFN4O3S/c1-14-18(19(21)26(23-14)12-15-2-4-16(22)5-3-15)20(27)25-9-7-24(8-10-25)17-6-11-30(28,29)13-17/h2-5,17H,6-13H2,1H3. The molecule has 2 saturated heterocycles. The minimum atomic E-state index is -2.93. The molecule has 4 rings (SSSR count). The maximum absolute atomic E-state index is 13.1. The second kappa shape index (κ2) is 8.28. The Labute approximate surface area is 180 Å². The Bertz CT molecular complexity index is 1050. The highest BCUT2D eigenvalue weighted by Crippen LogP contribution is 2.25. The van der Waals surface area contributed by atoms with Crippen LogP contribution >= 0.6 is 11.6 Å². The second-order valence-electron chi connectivity index (χ2n) is 7.92. The molecule has 2 fully saturated rings. The lowest BCUT2D eigenvalue weighted by Gasteiger charge is -2.37. The molecule has 1 unspecified atom stereocenters. The van der Waals surface area contributed by atoms with Crippen LogP contribution in [0.2, 0.25) is 5.15 Å². The number of rotatable bonds is 4. The Balaban J connectivity index is 1.42. The number of halogens is 2. The fourth-order valence-corrected chi connectivity index (χ4v) is 6.25. The summed E-state index contributed by atoms with van der Waals surface area (Å²) >= 11 is 6.49. The van der Waals surface area contributed by atoms with Gasteiger partial charge in [-0.25, -0.2) is 17.5 Å². The molecule has 3 heterocycles. The fraction of sp³-hybridized carbons (Fsp3) is 0.500. The summed E-state index contributed by atoms with van der Waals surface area (Å²) in [5, 5.41) is 4.67. The SMILES string of the molecule is Cc1nn(Cc2ccc(F)cc2)c(Cl)c1C(=O)N1CCN(C2CCS(=O)(=O)C2)CC1. The van der Waals surface area contributed by atoms with Gasteiger partial charge in [-0.05, 0) is 31.0 Å². The van der Waals surface area contributed by atoms with Gasteiger partial charge >= 0.3 is 0 Å². The molecule has 162 valence electrons. The maximum atomic E-state index is 13.1. The molecule has 30 heavy (non-hydrogen) atoms. The van der Waals surface area contributed by atoms with Crippen molar-refractivity contribution < 1.29 is 17.6 Å². The van der Waals surface area contributed by atoms with E-state index in [9.17, 15) is 17.6 Å². The number of hydrogen-bond acceptors (Lipinski definition) is 5. The summed E-state index contributed by atoms with van der Waals surface area (Å²) in [5.41, 5.74) is 1.77. The van der Waals surface area contributed by atoms with E-state index in [2.05, 4.69) is 10.00 Å². The smallest absolute Gasteiger partial charge is 0.258 e. The van der Waals surface area contributed by atoms with Crippen LogP contribution in [0.4, 0.5) is 4.39 Å². The highest BCUT2D eigenvalue weighted by molar-refractivity contribution is 7.91. The molecular weight excluding hydrogens is 431 g/mol. The topological polar surface area (TPSA) is 75.5 Å². The molecule has 0 aliphatic carbocycles. The summed E-state index contributed by atoms with van der Waals surface area (Å²) in [6.45, 7) is 4.43. The number of benzene rings is 1. The summed E-state index contributed by atoms with van der Waals surface area (Å²) in [6, 6.07) is 6.12. The summed E-state index contributed by atoms with van der Waals surface area (Å²) in [6.07, 6.45) is 0.664. The Hall–Kier alpha value is -1.97. The van der Waals surface area contributed by atoms with Crippen molar-refractivity contribution in [1.82, 2.24) is 19.6 Å². The van der Waals surface area contributed by atoms with Crippen molar-refractivity contribution in [1.29, 1.82) is 0 Å². The largest absolute Gasteiger partial charge is 0.336 e. The van der Waals surface area contributed by atoms with Crippen molar-refractivity contribution in [3.05, 3.63) is 52.1 Å². The zero-order valence-corrected chi connectivity index (χ0v) is 18.3. The molecule has 0 saturated carbocycles. The molecule has 0 radical (unpaired) electrons. The van der Waals surface area contributed by atoms with Gasteiger partial charge in [0.15, 0.2) is 9.84 Å². The number of piperazine rings is 1. The molecule has 7 nitrogen and oxygen atoms in total. The Kier molecular flexibility index (Phi) is 5.87. The van der Waals surface area contributed by atoms with Gasteiger partial charge in [0.25, 0.3) is 5.91 Å². The summed E-state index contributed by atoms with van der Waals surface area (Å²) in [5.74, 6) is -0.0192. The zero-order chi connectivity index (χ0) is 21.5. The van der Waals surface area contributed by atoms with E-state index in [1.54, 1.807) is 28.6 Å². The van der Waals surface area contributed by atoms with Crippen LogP contribution in [0.5, 0.6) is 0 Å². The lowest BCUT2D eigenvalue weighted by Crippen LogP contribution is -2.52. The Morgan fingerprint density at radius 3 is 2.47 bits per heavy atom. The van der Waals surface area contributed by atoms with Gasteiger partial charge in [0, 0.05) is 32.2 Å². The van der Waals surface area contributed by atoms with Crippen molar-refractivity contribution >= 4 is 27.3 Å². The second-order valence-corrected chi connectivity index (χ2v) is 10.5. The van der Waals surface area contributed by atoms with E-state index in [-0.39, 0.29) is 34.4 Å². The Morgan fingerprint density at radius 2 is 1.87 bits per heavy atom. The van der Waals surface area contributed by atoms with Crippen LogP contribution in [0.25, 0.3) is 0 Å². The molecule has 1 atom stereocenters. The number of sulfone groups is 1. The lowest BCUT2D eigenvalue weighted by molar-refractivity contribution is 0.0587. The first-order chi connectivity index (χ1) is 14.2. The molecule has 10 heteroatoms. The maximum Gasteiger partial charge on any atom is 0.258 e. The van der Waals surface area contributed by atoms with Gasteiger partial charge in [0.05, 0.1) is 29.3 Å². The molecule has 0 N–H and O–H groups in total. The van der Waals surface area contributed by atoms with Crippen molar-refractivity contribution in [2.75, 3.05) is 37.7 Å². The number of carbonyl (C=O) groups excluding carboxylic acids is 1. The van der Waals surface area contributed by atoms with Crippen LogP contribution in [-0.4, -0.2) is 77.6 Å². The minimum Gasteiger partial charge on any atom is -0.336 e. The number of hydrogen-bond donors (Lipinski definition) is 0. The third kappa shape index (κ3) is 4.38. The van der Waals surface area contributed by atoms with E-state index >= 15 is 0 Å². The van der Waals surface area contributed by atoms with Crippen LogP contribution in [0.3, 0.4) is 0 Å². The highest BCUT2D eigenvalue weighted by atomic mass is 35.5. The molecular formula is C20H24ClFN4O3S. The molecule has 1 aromatic heterocycles. The van der Waals surface area contributed by atoms with E-state index in [1.165, 1.54) is 12.1 Å². The van der Waals surface area contributed by atoms with Gasteiger partial charge in [0.2, 0.25) is 0 Å². The molecule has 0 bridgehead atoms. The van der Waals surface area contributed by atoms with Gasteiger partial charge in [-0.15, -0.1) is 0 Å². The highest BCUT2D eigenvalue weighted by Gasteiger charge is 2.35. The summed E-state index contributed by atoms with van der Waals surface area (Å²) < 4.78 is 38.1. The van der Waals surface area contributed by atoms with Gasteiger partial charge < -0.3 is 4.90 Å². The van der Waals surface area contributed by atoms with E-state index in [4.69, 9.17) is 11.6 Å². The summed E-state index contributed by atoms with van der Waals surface area (Å²) in [7, 11) is -2.93. The number of amides is 1. The summed E-state index contributed by atoms with van der Waals surface area (Å²) in [4.78, 5) is 17.0. The molecule has 2 aromatic rings. The van der Waals surface area contributed by atoms with E-state index in [1.807, 2.05) is 0 Å². The Morgan fingerprint density at radius 1 is 1.20 bits per heavy atom. The first kappa shape index (κ1) is 21.3. The van der Waals surface area contributed by atoms with Crippen LogP contribution in [0.1, 0.15) is 28.0 Å². The molecule has 0 spiro atoms. The van der Waals surface area contributed by atoms with Gasteiger partial charge in [0.1, 0.15) is 11.0 Å². The third-order valence-electron chi connectivity index (χ3n) is 5.85. The first-order valence-electron chi connectivity index (χ1n) is 9.94. The number of aromatic nitrogens is 2. The fourth-order valence-electron chi connectivity index (χ4n) is 4.18. The predicted octanol–water partition coefficient (Wildman–Crippen LogP) is 1.98. The van der Waals surface area contributed by atoms with Crippen LogP contribution in [0.15, 0.2) is 24.3 Å². The predicted molar refractivity (Wildman–Crippen MR) is 112 cm³/mol. The quantitative estimate of drug-likeness (QED) is 0.706. The van der Waals surface area contributed by atoms with Crippen molar-refractivity contribution in [2.45, 2.75) is 25.9 Å². The van der Waals surface area contributed by atoms with E-state index in [0.717, 1.165) is 5.56 Å². The third-order valence-corrected chi connectivity index (χ3v) is 7.99.